The Morgan fingerprint density at radius 1 is 0.605 bits per heavy atom. The summed E-state index contributed by atoms with van der Waals surface area (Å²) in [5, 5.41) is 21.7. The van der Waals surface area contributed by atoms with Gasteiger partial charge in [0.1, 0.15) is 0 Å². The van der Waals surface area contributed by atoms with Crippen LogP contribution in [0.15, 0.2) is 112 Å². The van der Waals surface area contributed by atoms with Crippen molar-refractivity contribution in [1.82, 2.24) is 0 Å². The van der Waals surface area contributed by atoms with Gasteiger partial charge in [-0.2, -0.15) is 0 Å². The molecule has 0 unspecified atom stereocenters. The molecule has 5 heteroatoms. The van der Waals surface area contributed by atoms with Crippen molar-refractivity contribution in [3.63, 3.8) is 0 Å². The molecule has 2 aliphatic rings. The molecule has 0 N–H and O–H groups in total. The molecular weight excluding hydrogens is 544 g/mol. The van der Waals surface area contributed by atoms with E-state index in [-0.39, 0.29) is 26.2 Å². The Kier molecular flexibility index (Phi) is 21.6. The van der Waals surface area contributed by atoms with Crippen LogP contribution in [0.2, 0.25) is 0 Å². The van der Waals surface area contributed by atoms with Gasteiger partial charge < -0.3 is 21.3 Å². The number of hydrogen-bond acceptors (Lipinski definition) is 0. The zero-order valence-corrected chi connectivity index (χ0v) is 25.0. The van der Waals surface area contributed by atoms with Gasteiger partial charge in [0.2, 0.25) is 0 Å². The Morgan fingerprint density at radius 2 is 1.08 bits per heavy atom. The van der Waals surface area contributed by atoms with Gasteiger partial charge in [0.15, 0.2) is 0 Å². The van der Waals surface area contributed by atoms with E-state index in [1.165, 1.54) is 32.1 Å². The largest absolute Gasteiger partial charge is 4.00 e. The number of rotatable bonds is 12. The summed E-state index contributed by atoms with van der Waals surface area (Å²) in [5.74, 6) is 0. The zero-order valence-electron chi connectivity index (χ0n) is 22.6. The summed E-state index contributed by atoms with van der Waals surface area (Å²) >= 11 is 0. The van der Waals surface area contributed by atoms with Crippen molar-refractivity contribution in [1.29, 1.82) is 0 Å². The van der Waals surface area contributed by atoms with E-state index in [4.69, 9.17) is 0 Å². The molecule has 2 aromatic rings. The molecule has 0 saturated heterocycles. The van der Waals surface area contributed by atoms with Gasteiger partial charge in [-0.15, -0.1) is 127 Å². The summed E-state index contributed by atoms with van der Waals surface area (Å²) in [4.78, 5) is 0. The van der Waals surface area contributed by atoms with Gasteiger partial charge >= 0.3 is 26.2 Å². The molecule has 0 radical (unpaired) electrons. The second-order valence-corrected chi connectivity index (χ2v) is 7.74. The number of benzene rings is 2. The standard InChI is InChI=1S/C15H10N.3C6H10N.Zr/c1-2-4-12-11(3-1)9-14-13(12)6-5-10-7-8-16-15(10)14;3*1-3-5-7-6-4-2;/h1-7,9H,8H2;3*3-4H,1-2,5-6H2;/q4*-1;+4. The summed E-state index contributed by atoms with van der Waals surface area (Å²) in [6.07, 6.45) is 15.0. The molecule has 0 aromatic heterocycles. The molecule has 0 spiro atoms. The molecule has 1 aliphatic carbocycles. The van der Waals surface area contributed by atoms with E-state index in [1.54, 1.807) is 36.5 Å². The van der Waals surface area contributed by atoms with Crippen LogP contribution in [0.4, 0.5) is 5.69 Å². The first-order valence-corrected chi connectivity index (χ1v) is 12.3. The minimum absolute atomic E-state index is 0. The molecular formula is C33H40N4Zr. The minimum atomic E-state index is 0. The molecule has 1 aliphatic heterocycles. The van der Waals surface area contributed by atoms with Crippen LogP contribution in [0.1, 0.15) is 5.56 Å². The number of hydrogen-bond donors (Lipinski definition) is 0. The predicted molar refractivity (Wildman–Crippen MR) is 166 cm³/mol. The van der Waals surface area contributed by atoms with Crippen molar-refractivity contribution in [2.75, 3.05) is 45.8 Å². The molecule has 4 rings (SSSR count). The Hall–Kier alpha value is -2.82. The van der Waals surface area contributed by atoms with Gasteiger partial charge in [-0.3, -0.25) is 0 Å². The van der Waals surface area contributed by atoms with Crippen LogP contribution in [-0.2, 0) is 26.2 Å². The van der Waals surface area contributed by atoms with Crippen LogP contribution >= 0.6 is 0 Å². The molecule has 4 nitrogen and oxygen atoms in total. The van der Waals surface area contributed by atoms with Crippen molar-refractivity contribution < 1.29 is 26.2 Å². The molecule has 196 valence electrons. The maximum Gasteiger partial charge on any atom is 4.00 e. The molecule has 38 heavy (non-hydrogen) atoms. The number of fused-ring (bicyclic) bond motifs is 4. The second-order valence-electron chi connectivity index (χ2n) is 7.74. The van der Waals surface area contributed by atoms with E-state index >= 15 is 0 Å². The van der Waals surface area contributed by atoms with E-state index in [0.29, 0.717) is 0 Å². The van der Waals surface area contributed by atoms with Crippen LogP contribution in [0.25, 0.3) is 33.4 Å². The smallest absolute Gasteiger partial charge is 0.680 e. The minimum Gasteiger partial charge on any atom is -0.680 e. The average Bonchev–Trinajstić information content (AvgIpc) is 3.55. The van der Waals surface area contributed by atoms with Crippen molar-refractivity contribution in [2.45, 2.75) is 0 Å². The third-order valence-electron chi connectivity index (χ3n) is 4.91. The Bertz CT molecular complexity index is 1160. The van der Waals surface area contributed by atoms with Crippen LogP contribution in [-0.4, -0.2) is 45.8 Å². The fraction of sp³-hybridized carbons (Fsp3) is 0.212. The SMILES string of the molecule is C1=c2ccc3c(c2[N-]C1)C=c1ccccc1=3.C=CC[N-]CC=C.C=CC[N-]CC=C.C=CC[N-]CC=C.[Zr+4]. The zero-order chi connectivity index (χ0) is 27.1. The fourth-order valence-corrected chi connectivity index (χ4v) is 3.38. The van der Waals surface area contributed by atoms with Crippen molar-refractivity contribution in [2.24, 2.45) is 0 Å². The summed E-state index contributed by atoms with van der Waals surface area (Å²) in [5.41, 5.74) is 2.47. The summed E-state index contributed by atoms with van der Waals surface area (Å²) < 4.78 is 0. The van der Waals surface area contributed by atoms with E-state index < -0.39 is 0 Å². The van der Waals surface area contributed by atoms with E-state index in [1.807, 2.05) is 0 Å². The summed E-state index contributed by atoms with van der Waals surface area (Å²) in [6, 6.07) is 12.9. The average molecular weight is 584 g/mol. The molecule has 0 saturated carbocycles. The molecule has 2 aromatic carbocycles. The first-order chi connectivity index (χ1) is 18.2. The first kappa shape index (κ1) is 35.2. The topological polar surface area (TPSA) is 56.4 Å². The Balaban J connectivity index is 0.000000534. The maximum absolute atomic E-state index is 4.57. The first-order valence-electron chi connectivity index (χ1n) is 12.3. The van der Waals surface area contributed by atoms with E-state index in [2.05, 4.69) is 109 Å². The van der Waals surface area contributed by atoms with Crippen molar-refractivity contribution in [3.8, 4) is 0 Å². The molecule has 0 amide bonds. The third kappa shape index (κ3) is 13.1. The quantitative estimate of drug-likeness (QED) is 0.161. The van der Waals surface area contributed by atoms with E-state index in [0.717, 1.165) is 45.8 Å². The maximum atomic E-state index is 4.57. The van der Waals surface area contributed by atoms with Gasteiger partial charge in [0.25, 0.3) is 0 Å². The number of nitrogens with zero attached hydrogens (tertiary/aromatic N) is 4. The molecule has 0 fully saturated rings. The van der Waals surface area contributed by atoms with Gasteiger partial charge in [0.05, 0.1) is 0 Å². The summed E-state index contributed by atoms with van der Waals surface area (Å²) in [6.45, 7) is 26.3. The van der Waals surface area contributed by atoms with Gasteiger partial charge in [-0.25, -0.2) is 0 Å². The summed E-state index contributed by atoms with van der Waals surface area (Å²) in [7, 11) is 0. The predicted octanol–water partition coefficient (Wildman–Crippen LogP) is 7.11. The second kappa shape index (κ2) is 23.3. The Labute approximate surface area is 248 Å². The van der Waals surface area contributed by atoms with Crippen molar-refractivity contribution in [3.05, 3.63) is 160 Å². The van der Waals surface area contributed by atoms with Gasteiger partial charge in [0, 0.05) is 0 Å². The van der Waals surface area contributed by atoms with E-state index in [9.17, 15) is 0 Å². The van der Waals surface area contributed by atoms with Gasteiger partial charge in [-0.05, 0) is 32.5 Å². The van der Waals surface area contributed by atoms with Crippen LogP contribution < -0.4 is 10.4 Å². The van der Waals surface area contributed by atoms with Crippen LogP contribution in [0.3, 0.4) is 0 Å². The molecule has 0 bridgehead atoms. The van der Waals surface area contributed by atoms with Gasteiger partial charge in [-0.1, -0.05) is 42.5 Å². The van der Waals surface area contributed by atoms with Crippen LogP contribution in [0.5, 0.6) is 0 Å². The monoisotopic (exact) mass is 582 g/mol. The van der Waals surface area contributed by atoms with Crippen molar-refractivity contribution >= 4 is 17.8 Å². The molecule has 1 heterocycles. The fourth-order valence-electron chi connectivity index (χ4n) is 3.38. The normalized spacial score (nSPS) is 10.4. The third-order valence-corrected chi connectivity index (χ3v) is 4.91. The van der Waals surface area contributed by atoms with Crippen LogP contribution in [0, 0.1) is 10.4 Å². The molecule has 0 atom stereocenters. The Morgan fingerprint density at radius 3 is 1.55 bits per heavy atom.